The lowest BCUT2D eigenvalue weighted by molar-refractivity contribution is 0.0953. The number of nitrogens with one attached hydrogen (secondary N) is 1. The highest BCUT2D eigenvalue weighted by atomic mass is 32.2. The van der Waals surface area contributed by atoms with Crippen LogP contribution >= 0.6 is 0 Å². The number of unbranched alkanes of at least 4 members (excludes halogenated alkanes) is 1. The standard InChI is InChI=1S/C21H33N3O3S/c1-2-3-12-22-21(25)18-10-11-19(23-13-6-4-7-14-23)20(17-18)28(26,27)24-15-8-5-9-16-24/h10-11,17H,2-9,12-16H2,1H3,(H,22,25). The predicted octanol–water partition coefficient (Wildman–Crippen LogP) is 3.38. The fourth-order valence-corrected chi connectivity index (χ4v) is 5.74. The van der Waals surface area contributed by atoms with Gasteiger partial charge in [0.05, 0.1) is 5.69 Å². The molecular weight excluding hydrogens is 374 g/mol. The van der Waals surface area contributed by atoms with Crippen molar-refractivity contribution >= 4 is 21.6 Å². The first kappa shape index (κ1) is 21.1. The Morgan fingerprint density at radius 1 is 1.00 bits per heavy atom. The van der Waals surface area contributed by atoms with Gasteiger partial charge < -0.3 is 10.2 Å². The van der Waals surface area contributed by atoms with E-state index in [0.29, 0.717) is 30.1 Å². The van der Waals surface area contributed by atoms with Crippen LogP contribution in [0.4, 0.5) is 5.69 Å². The second-order valence-electron chi connectivity index (χ2n) is 7.80. The molecule has 2 fully saturated rings. The maximum Gasteiger partial charge on any atom is 0.251 e. The van der Waals surface area contributed by atoms with Crippen LogP contribution < -0.4 is 10.2 Å². The second kappa shape index (κ2) is 9.74. The predicted molar refractivity (Wildman–Crippen MR) is 112 cm³/mol. The Kier molecular flexibility index (Phi) is 7.35. The van der Waals surface area contributed by atoms with Crippen LogP contribution in [0.1, 0.15) is 68.6 Å². The zero-order valence-corrected chi connectivity index (χ0v) is 17.8. The summed E-state index contributed by atoms with van der Waals surface area (Å²) in [5.41, 5.74) is 1.17. The average molecular weight is 408 g/mol. The molecule has 6 nitrogen and oxygen atoms in total. The molecule has 3 rings (SSSR count). The van der Waals surface area contributed by atoms with Crippen LogP contribution in [-0.2, 0) is 10.0 Å². The summed E-state index contributed by atoms with van der Waals surface area (Å²) in [7, 11) is -3.61. The SMILES string of the molecule is CCCCNC(=O)c1ccc(N2CCCCC2)c(S(=O)(=O)N2CCCCC2)c1. The Morgan fingerprint density at radius 2 is 1.64 bits per heavy atom. The number of hydrogen-bond donors (Lipinski definition) is 1. The van der Waals surface area contributed by atoms with Crippen molar-refractivity contribution in [3.63, 3.8) is 0 Å². The molecule has 0 unspecified atom stereocenters. The topological polar surface area (TPSA) is 69.7 Å². The van der Waals surface area contributed by atoms with Crippen molar-refractivity contribution in [2.75, 3.05) is 37.6 Å². The number of sulfonamides is 1. The number of nitrogens with zero attached hydrogens (tertiary/aromatic N) is 2. The van der Waals surface area contributed by atoms with E-state index in [0.717, 1.165) is 63.7 Å². The van der Waals surface area contributed by atoms with E-state index >= 15 is 0 Å². The van der Waals surface area contributed by atoms with Crippen LogP contribution in [0.3, 0.4) is 0 Å². The minimum Gasteiger partial charge on any atom is -0.370 e. The van der Waals surface area contributed by atoms with Gasteiger partial charge in [0.1, 0.15) is 4.90 Å². The normalized spacial score (nSPS) is 18.8. The molecule has 28 heavy (non-hydrogen) atoms. The molecule has 0 aromatic heterocycles. The van der Waals surface area contributed by atoms with Crippen LogP contribution in [0.5, 0.6) is 0 Å². The van der Waals surface area contributed by atoms with Gasteiger partial charge >= 0.3 is 0 Å². The highest BCUT2D eigenvalue weighted by Gasteiger charge is 2.31. The van der Waals surface area contributed by atoms with Gasteiger partial charge in [-0.2, -0.15) is 4.31 Å². The molecular formula is C21H33N3O3S. The van der Waals surface area contributed by atoms with E-state index < -0.39 is 10.0 Å². The Labute approximate surface area is 169 Å². The Hall–Kier alpha value is -1.60. The van der Waals surface area contributed by atoms with Gasteiger partial charge in [-0.1, -0.05) is 19.8 Å². The fourth-order valence-electron chi connectivity index (χ4n) is 3.98. The molecule has 7 heteroatoms. The molecule has 1 amide bonds. The largest absolute Gasteiger partial charge is 0.370 e. The third kappa shape index (κ3) is 4.87. The molecule has 2 aliphatic heterocycles. The lowest BCUT2D eigenvalue weighted by Crippen LogP contribution is -2.38. The highest BCUT2D eigenvalue weighted by molar-refractivity contribution is 7.89. The van der Waals surface area contributed by atoms with Crippen molar-refractivity contribution in [2.45, 2.75) is 63.2 Å². The molecule has 0 atom stereocenters. The van der Waals surface area contributed by atoms with Gasteiger partial charge in [-0.3, -0.25) is 4.79 Å². The lowest BCUT2D eigenvalue weighted by Gasteiger charge is -2.33. The summed E-state index contributed by atoms with van der Waals surface area (Å²) in [6, 6.07) is 5.19. The zero-order valence-electron chi connectivity index (χ0n) is 17.0. The summed E-state index contributed by atoms with van der Waals surface area (Å²) < 4.78 is 28.5. The van der Waals surface area contributed by atoms with Gasteiger partial charge in [-0.15, -0.1) is 0 Å². The Bertz CT molecular complexity index is 767. The van der Waals surface area contributed by atoms with Gasteiger partial charge in [0.25, 0.3) is 5.91 Å². The first-order chi connectivity index (χ1) is 13.5. The summed E-state index contributed by atoms with van der Waals surface area (Å²) >= 11 is 0. The van der Waals surface area contributed by atoms with Crippen molar-refractivity contribution < 1.29 is 13.2 Å². The third-order valence-corrected chi connectivity index (χ3v) is 7.60. The molecule has 0 spiro atoms. The summed E-state index contributed by atoms with van der Waals surface area (Å²) in [4.78, 5) is 15.0. The van der Waals surface area contributed by atoms with Crippen LogP contribution in [0, 0.1) is 0 Å². The van der Waals surface area contributed by atoms with Crippen molar-refractivity contribution in [1.82, 2.24) is 9.62 Å². The third-order valence-electron chi connectivity index (χ3n) is 5.67. The summed E-state index contributed by atoms with van der Waals surface area (Å²) in [5, 5.41) is 2.90. The molecule has 0 saturated carbocycles. The van der Waals surface area contributed by atoms with Crippen LogP contribution in [0.25, 0.3) is 0 Å². The highest BCUT2D eigenvalue weighted by Crippen LogP contribution is 2.32. The molecule has 0 radical (unpaired) electrons. The van der Waals surface area contributed by atoms with E-state index in [9.17, 15) is 13.2 Å². The number of benzene rings is 1. The Morgan fingerprint density at radius 3 is 2.29 bits per heavy atom. The molecule has 1 N–H and O–H groups in total. The molecule has 0 aliphatic carbocycles. The van der Waals surface area contributed by atoms with Crippen LogP contribution in [0.2, 0.25) is 0 Å². The molecule has 0 bridgehead atoms. The first-order valence-electron chi connectivity index (χ1n) is 10.7. The van der Waals surface area contributed by atoms with E-state index in [1.807, 2.05) is 6.07 Å². The van der Waals surface area contributed by atoms with E-state index in [4.69, 9.17) is 0 Å². The number of hydrogen-bond acceptors (Lipinski definition) is 4. The number of amides is 1. The number of carbonyl (C=O) groups is 1. The van der Waals surface area contributed by atoms with Crippen LogP contribution in [0.15, 0.2) is 23.1 Å². The summed E-state index contributed by atoms with van der Waals surface area (Å²) in [6.07, 6.45) is 8.11. The van der Waals surface area contributed by atoms with Crippen molar-refractivity contribution in [3.8, 4) is 0 Å². The van der Waals surface area contributed by atoms with E-state index in [-0.39, 0.29) is 5.91 Å². The number of piperidine rings is 2. The van der Waals surface area contributed by atoms with Gasteiger partial charge in [0.15, 0.2) is 0 Å². The minimum absolute atomic E-state index is 0.200. The molecule has 2 heterocycles. The maximum absolute atomic E-state index is 13.5. The first-order valence-corrected chi connectivity index (χ1v) is 12.2. The molecule has 156 valence electrons. The number of rotatable bonds is 7. The quantitative estimate of drug-likeness (QED) is 0.704. The van der Waals surface area contributed by atoms with Gasteiger partial charge in [-0.25, -0.2) is 8.42 Å². The molecule has 1 aromatic carbocycles. The number of carbonyl (C=O) groups excluding carboxylic acids is 1. The van der Waals surface area contributed by atoms with Gasteiger partial charge in [0.2, 0.25) is 10.0 Å². The van der Waals surface area contributed by atoms with E-state index in [2.05, 4.69) is 17.1 Å². The molecule has 2 aliphatic rings. The maximum atomic E-state index is 13.5. The van der Waals surface area contributed by atoms with Crippen molar-refractivity contribution in [2.24, 2.45) is 0 Å². The summed E-state index contributed by atoms with van der Waals surface area (Å²) in [5.74, 6) is -0.200. The van der Waals surface area contributed by atoms with E-state index in [1.54, 1.807) is 16.4 Å². The minimum atomic E-state index is -3.61. The number of anilines is 1. The van der Waals surface area contributed by atoms with Gasteiger partial charge in [0, 0.05) is 38.3 Å². The second-order valence-corrected chi connectivity index (χ2v) is 9.71. The summed E-state index contributed by atoms with van der Waals surface area (Å²) in [6.45, 7) is 5.54. The van der Waals surface area contributed by atoms with Crippen molar-refractivity contribution in [3.05, 3.63) is 23.8 Å². The lowest BCUT2D eigenvalue weighted by atomic mass is 10.1. The molecule has 1 aromatic rings. The monoisotopic (exact) mass is 407 g/mol. The Balaban J connectivity index is 1.94. The van der Waals surface area contributed by atoms with E-state index in [1.165, 1.54) is 6.42 Å². The zero-order chi connectivity index (χ0) is 20.0. The fraction of sp³-hybridized carbons (Fsp3) is 0.667. The van der Waals surface area contributed by atoms with Gasteiger partial charge in [-0.05, 0) is 56.7 Å². The average Bonchev–Trinajstić information content (AvgIpc) is 2.74. The smallest absolute Gasteiger partial charge is 0.251 e. The molecule has 2 saturated heterocycles. The van der Waals surface area contributed by atoms with Crippen molar-refractivity contribution in [1.29, 1.82) is 0 Å². The van der Waals surface area contributed by atoms with Crippen LogP contribution in [-0.4, -0.2) is 51.4 Å².